The van der Waals surface area contributed by atoms with Crippen molar-refractivity contribution < 1.29 is 4.79 Å². The molecule has 0 fully saturated rings. The van der Waals surface area contributed by atoms with Gasteiger partial charge in [-0.05, 0) is 20.3 Å². The predicted molar refractivity (Wildman–Crippen MR) is 65.0 cm³/mol. The highest BCUT2D eigenvalue weighted by molar-refractivity contribution is 6.17. The first kappa shape index (κ1) is 14.8. The molecule has 0 heterocycles. The van der Waals surface area contributed by atoms with Crippen LogP contribution >= 0.6 is 11.6 Å². The largest absolute Gasteiger partial charge is 0.377 e. The Morgan fingerprint density at radius 2 is 2.12 bits per heavy atom. The van der Waals surface area contributed by atoms with E-state index in [2.05, 4.69) is 5.32 Å². The lowest BCUT2D eigenvalue weighted by atomic mass is 10.3. The fraction of sp³-hybridized carbons (Fsp3) is 0.636. The fourth-order valence-electron chi connectivity index (χ4n) is 1.09. The summed E-state index contributed by atoms with van der Waals surface area (Å²) in [5.74, 6) is 0.168. The highest BCUT2D eigenvalue weighted by Crippen LogP contribution is 1.98. The minimum Gasteiger partial charge on any atom is -0.377 e. The molecule has 0 unspecified atom stereocenters. The Labute approximate surface area is 102 Å². The molecule has 1 N–H and O–H groups in total. The Balaban J connectivity index is 4.37. The van der Waals surface area contributed by atoms with Crippen molar-refractivity contribution in [1.82, 2.24) is 10.2 Å². The van der Waals surface area contributed by atoms with Gasteiger partial charge in [0.2, 0.25) is 0 Å². The maximum absolute atomic E-state index is 11.5. The number of alkyl halides is 1. The number of amides is 1. The summed E-state index contributed by atoms with van der Waals surface area (Å²) in [5, 5.41) is 11.5. The van der Waals surface area contributed by atoms with Gasteiger partial charge in [0.15, 0.2) is 0 Å². The van der Waals surface area contributed by atoms with E-state index in [9.17, 15) is 4.79 Å². The Hall–Kier alpha value is -1.21. The third-order valence-corrected chi connectivity index (χ3v) is 2.35. The highest BCUT2D eigenvalue weighted by atomic mass is 35.5. The number of hydrogen-bond donors (Lipinski definition) is 1. The molecular weight excluding hydrogens is 226 g/mol. The van der Waals surface area contributed by atoms with E-state index < -0.39 is 0 Å². The van der Waals surface area contributed by atoms with Crippen LogP contribution in [0.5, 0.6) is 0 Å². The molecule has 0 rings (SSSR count). The Bertz CT molecular complexity index is 279. The first-order valence-electron chi connectivity index (χ1n) is 5.39. The molecule has 0 aliphatic carbocycles. The van der Waals surface area contributed by atoms with E-state index in [4.69, 9.17) is 16.9 Å². The summed E-state index contributed by atoms with van der Waals surface area (Å²) in [6, 6.07) is 1.90. The zero-order valence-electron chi connectivity index (χ0n) is 9.79. The lowest BCUT2D eigenvalue weighted by Gasteiger charge is -2.15. The Morgan fingerprint density at radius 3 is 2.56 bits per heavy atom. The normalized spacial score (nSPS) is 10.8. The van der Waals surface area contributed by atoms with Crippen molar-refractivity contribution in [2.75, 3.05) is 25.5 Å². The molecule has 0 spiro atoms. The van der Waals surface area contributed by atoms with Crippen LogP contribution in [0.15, 0.2) is 11.8 Å². The summed E-state index contributed by atoms with van der Waals surface area (Å²) in [6.07, 6.45) is 2.30. The molecular formula is C11H18ClN3O. The second kappa shape index (κ2) is 9.05. The maximum atomic E-state index is 11.5. The van der Waals surface area contributed by atoms with Crippen LogP contribution in [0.1, 0.15) is 20.3 Å². The third kappa shape index (κ3) is 5.62. The molecule has 0 aliphatic rings. The van der Waals surface area contributed by atoms with Crippen LogP contribution in [-0.2, 0) is 4.79 Å². The Morgan fingerprint density at radius 1 is 1.50 bits per heavy atom. The first-order valence-corrected chi connectivity index (χ1v) is 5.93. The van der Waals surface area contributed by atoms with E-state index in [1.165, 1.54) is 0 Å². The van der Waals surface area contributed by atoms with Gasteiger partial charge in [-0.25, -0.2) is 0 Å². The fourth-order valence-corrected chi connectivity index (χ4v) is 1.22. The van der Waals surface area contributed by atoms with Gasteiger partial charge < -0.3 is 10.2 Å². The molecule has 0 aliphatic heterocycles. The van der Waals surface area contributed by atoms with Crippen molar-refractivity contribution in [2.45, 2.75) is 20.3 Å². The number of halogens is 1. The molecule has 0 bridgehead atoms. The predicted octanol–water partition coefficient (Wildman–Crippen LogP) is 1.48. The van der Waals surface area contributed by atoms with E-state index in [1.807, 2.05) is 24.8 Å². The molecule has 90 valence electrons. The monoisotopic (exact) mass is 243 g/mol. The van der Waals surface area contributed by atoms with Crippen molar-refractivity contribution >= 4 is 17.5 Å². The summed E-state index contributed by atoms with van der Waals surface area (Å²) in [7, 11) is 0. The zero-order valence-corrected chi connectivity index (χ0v) is 10.5. The number of hydrogen-bond acceptors (Lipinski definition) is 3. The lowest BCUT2D eigenvalue weighted by molar-refractivity contribution is -0.117. The van der Waals surface area contributed by atoms with Gasteiger partial charge in [-0.3, -0.25) is 4.79 Å². The zero-order chi connectivity index (χ0) is 12.4. The van der Waals surface area contributed by atoms with E-state index in [-0.39, 0.29) is 11.5 Å². The van der Waals surface area contributed by atoms with E-state index in [0.29, 0.717) is 18.8 Å². The molecule has 16 heavy (non-hydrogen) atoms. The summed E-state index contributed by atoms with van der Waals surface area (Å²) < 4.78 is 0. The van der Waals surface area contributed by atoms with Crippen LogP contribution in [0.25, 0.3) is 0 Å². The molecule has 5 heteroatoms. The molecule has 1 amide bonds. The molecule has 0 saturated heterocycles. The highest BCUT2D eigenvalue weighted by Gasteiger charge is 2.08. The van der Waals surface area contributed by atoms with Crippen LogP contribution < -0.4 is 5.32 Å². The van der Waals surface area contributed by atoms with E-state index in [0.717, 1.165) is 13.1 Å². The van der Waals surface area contributed by atoms with Crippen molar-refractivity contribution in [3.05, 3.63) is 11.8 Å². The van der Waals surface area contributed by atoms with Gasteiger partial charge in [0.05, 0.1) is 0 Å². The number of carbonyl (C=O) groups excluding carboxylic acids is 1. The number of nitrogens with zero attached hydrogens (tertiary/aromatic N) is 2. The van der Waals surface area contributed by atoms with Gasteiger partial charge >= 0.3 is 0 Å². The molecule has 0 aromatic heterocycles. The number of rotatable bonds is 7. The average Bonchev–Trinajstić information content (AvgIpc) is 2.31. The van der Waals surface area contributed by atoms with E-state index >= 15 is 0 Å². The van der Waals surface area contributed by atoms with E-state index in [1.54, 1.807) is 6.20 Å². The topological polar surface area (TPSA) is 56.1 Å². The molecule has 0 aromatic rings. The molecule has 0 saturated carbocycles. The smallest absolute Gasteiger partial charge is 0.263 e. The van der Waals surface area contributed by atoms with Crippen LogP contribution in [-0.4, -0.2) is 36.3 Å². The van der Waals surface area contributed by atoms with Gasteiger partial charge in [0.25, 0.3) is 5.91 Å². The minimum absolute atomic E-state index is 0.137. The maximum Gasteiger partial charge on any atom is 0.263 e. The van der Waals surface area contributed by atoms with Gasteiger partial charge in [-0.2, -0.15) is 5.26 Å². The van der Waals surface area contributed by atoms with Crippen LogP contribution in [0.3, 0.4) is 0 Å². The SMILES string of the molecule is CCN(/C=C(/C#N)C(=O)NCCCCl)CC. The molecule has 0 aromatic carbocycles. The standard InChI is InChI=1S/C11H18ClN3O/c1-3-15(4-2)9-10(8-13)11(16)14-7-5-6-12/h9H,3-7H2,1-2H3,(H,14,16)/b10-9-. The van der Waals surface area contributed by atoms with Gasteiger partial charge in [0, 0.05) is 31.7 Å². The van der Waals surface area contributed by atoms with Crippen LogP contribution in [0.2, 0.25) is 0 Å². The molecule has 0 radical (unpaired) electrons. The summed E-state index contributed by atoms with van der Waals surface area (Å²) in [5.41, 5.74) is 0.137. The number of carbonyl (C=O) groups is 1. The lowest BCUT2D eigenvalue weighted by Crippen LogP contribution is -2.27. The summed E-state index contributed by atoms with van der Waals surface area (Å²) in [6.45, 7) is 5.99. The van der Waals surface area contributed by atoms with Crippen molar-refractivity contribution in [2.24, 2.45) is 0 Å². The van der Waals surface area contributed by atoms with Gasteiger partial charge in [0.1, 0.15) is 11.6 Å². The number of nitriles is 1. The average molecular weight is 244 g/mol. The van der Waals surface area contributed by atoms with Crippen LogP contribution in [0, 0.1) is 11.3 Å². The van der Waals surface area contributed by atoms with Crippen molar-refractivity contribution in [3.63, 3.8) is 0 Å². The van der Waals surface area contributed by atoms with Crippen molar-refractivity contribution in [1.29, 1.82) is 5.26 Å². The third-order valence-electron chi connectivity index (χ3n) is 2.09. The first-order chi connectivity index (χ1) is 7.69. The second-order valence-electron chi connectivity index (χ2n) is 3.17. The molecule has 0 atom stereocenters. The van der Waals surface area contributed by atoms with Crippen molar-refractivity contribution in [3.8, 4) is 6.07 Å². The summed E-state index contributed by atoms with van der Waals surface area (Å²) in [4.78, 5) is 13.4. The van der Waals surface area contributed by atoms with Gasteiger partial charge in [-0.1, -0.05) is 0 Å². The Kier molecular flexibility index (Phi) is 8.36. The minimum atomic E-state index is -0.334. The van der Waals surface area contributed by atoms with Crippen LogP contribution in [0.4, 0.5) is 0 Å². The quantitative estimate of drug-likeness (QED) is 0.319. The molecule has 4 nitrogen and oxygen atoms in total. The second-order valence-corrected chi connectivity index (χ2v) is 3.55. The summed E-state index contributed by atoms with van der Waals surface area (Å²) >= 11 is 5.49. The van der Waals surface area contributed by atoms with Gasteiger partial charge in [-0.15, -0.1) is 11.6 Å². The number of nitrogens with one attached hydrogen (secondary N) is 1.